The first-order valence-corrected chi connectivity index (χ1v) is 18.5. The number of hydrogen-bond acceptors (Lipinski definition) is 13. The smallest absolute Gasteiger partial charge is 0.391 e. The lowest BCUT2D eigenvalue weighted by Crippen LogP contribution is -2.20. The number of alkyl halides is 1. The molecule has 0 radical (unpaired) electrons. The van der Waals surface area contributed by atoms with Crippen molar-refractivity contribution in [2.75, 3.05) is 0 Å². The van der Waals surface area contributed by atoms with Gasteiger partial charge in [-0.05, 0) is 53.3 Å². The first-order chi connectivity index (χ1) is 28.4. The third-order valence-corrected chi connectivity index (χ3v) is 9.12. The van der Waals surface area contributed by atoms with Gasteiger partial charge in [0.15, 0.2) is 16.7 Å². The first kappa shape index (κ1) is 41.5. The number of hydrogen-bond donors (Lipinski definition) is 1. The number of aryl methyl sites for hydroxylation is 6. The molecule has 0 saturated heterocycles. The molecule has 23 heteroatoms. The van der Waals surface area contributed by atoms with E-state index in [1.165, 1.54) is 35.8 Å². The van der Waals surface area contributed by atoms with Gasteiger partial charge in [0.2, 0.25) is 11.8 Å². The number of benzene rings is 2. The van der Waals surface area contributed by atoms with Gasteiger partial charge in [0.05, 0.1) is 25.7 Å². The van der Waals surface area contributed by atoms with E-state index in [4.69, 9.17) is 55.5 Å². The Bertz CT molecular complexity index is 3090. The number of nitriles is 1. The Balaban J connectivity index is 0.000000165. The lowest BCUT2D eigenvalue weighted by Gasteiger charge is -2.00. The van der Waals surface area contributed by atoms with E-state index >= 15 is 0 Å². The second kappa shape index (κ2) is 18.4. The van der Waals surface area contributed by atoms with E-state index in [2.05, 4.69) is 40.3 Å². The second-order valence-corrected chi connectivity index (χ2v) is 13.5. The lowest BCUT2D eigenvalue weighted by atomic mass is 10.1. The molecule has 0 spiro atoms. The van der Waals surface area contributed by atoms with Crippen LogP contribution in [0.2, 0.25) is 10.0 Å². The molecule has 20 nitrogen and oxygen atoms in total. The summed E-state index contributed by atoms with van der Waals surface area (Å²) in [5.74, 6) is -0.659. The molecule has 59 heavy (non-hydrogen) atoms. The summed E-state index contributed by atoms with van der Waals surface area (Å²) in [5.41, 5.74) is 2.57. The van der Waals surface area contributed by atoms with Crippen LogP contribution >= 0.6 is 34.8 Å². The summed E-state index contributed by atoms with van der Waals surface area (Å²) < 4.78 is 16.4. The summed E-state index contributed by atoms with van der Waals surface area (Å²) in [7, 11) is 3.14. The number of halogens is 3. The minimum Gasteiger partial charge on any atom is -0.391 e. The zero-order valence-corrected chi connectivity index (χ0v) is 33.2. The fourth-order valence-electron chi connectivity index (χ4n) is 5.39. The summed E-state index contributed by atoms with van der Waals surface area (Å²) in [4.78, 5) is 58.6. The zero-order chi connectivity index (χ0) is 42.2. The van der Waals surface area contributed by atoms with Gasteiger partial charge >= 0.3 is 17.3 Å². The molecule has 0 bridgehead atoms. The van der Waals surface area contributed by atoms with Crippen molar-refractivity contribution in [1.29, 1.82) is 5.26 Å². The van der Waals surface area contributed by atoms with Gasteiger partial charge in [0.1, 0.15) is 29.5 Å². The van der Waals surface area contributed by atoms with Crippen LogP contribution in [-0.2, 0) is 52.5 Å². The van der Waals surface area contributed by atoms with Crippen LogP contribution in [0.15, 0.2) is 89.2 Å². The van der Waals surface area contributed by atoms with Crippen molar-refractivity contribution < 1.29 is 8.83 Å². The molecular formula is C36H29Cl3N14O6. The van der Waals surface area contributed by atoms with Crippen LogP contribution in [0, 0.1) is 17.9 Å². The Morgan fingerprint density at radius 1 is 0.763 bits per heavy atom. The second-order valence-electron chi connectivity index (χ2n) is 12.4. The van der Waals surface area contributed by atoms with Crippen LogP contribution in [0.5, 0.6) is 0 Å². The highest BCUT2D eigenvalue weighted by atomic mass is 35.5. The van der Waals surface area contributed by atoms with E-state index in [1.54, 1.807) is 26.2 Å². The number of H-pyrrole nitrogens is 1. The van der Waals surface area contributed by atoms with Crippen molar-refractivity contribution in [1.82, 2.24) is 58.6 Å². The van der Waals surface area contributed by atoms with Crippen LogP contribution in [0.25, 0.3) is 26.9 Å². The average molecular weight is 860 g/mol. The van der Waals surface area contributed by atoms with Gasteiger partial charge < -0.3 is 22.8 Å². The van der Waals surface area contributed by atoms with E-state index in [-0.39, 0.29) is 63.4 Å². The molecular weight excluding hydrogens is 831 g/mol. The van der Waals surface area contributed by atoms with Crippen LogP contribution in [-0.4, -0.2) is 58.6 Å². The monoisotopic (exact) mass is 858 g/mol. The number of aromatic nitrogens is 12. The summed E-state index contributed by atoms with van der Waals surface area (Å²) >= 11 is 17.2. The average Bonchev–Trinajstić information content (AvgIpc) is 4.01. The Morgan fingerprint density at radius 3 is 1.81 bits per heavy atom. The number of fused-ring (bicyclic) bond motifs is 2. The molecule has 0 aliphatic carbocycles. The highest BCUT2D eigenvalue weighted by molar-refractivity contribution is 6.30. The SMILES string of the molecule is Cn1cnc2c(C#N)n[nH]c2c1=O.O=c1oc(CCl)nn1CCc1ccc(Cl)cc1.[C-]#[N+]c1nn(Cc2nn(CCc3ccc(Cl)cc3)c(=O)o2)c2c(=O)n(C)cnc12. The Kier molecular flexibility index (Phi) is 13.0. The molecule has 0 unspecified atom stereocenters. The highest BCUT2D eigenvalue weighted by Gasteiger charge is 2.21. The number of nitrogens with zero attached hydrogens (tertiary/aromatic N) is 13. The number of aromatic amines is 1. The lowest BCUT2D eigenvalue weighted by molar-refractivity contribution is 0.432. The summed E-state index contributed by atoms with van der Waals surface area (Å²) in [6.07, 6.45) is 3.95. The topological polar surface area (TPSA) is 240 Å². The Labute approximate surface area is 345 Å². The van der Waals surface area contributed by atoms with Crippen LogP contribution in [0.3, 0.4) is 0 Å². The van der Waals surface area contributed by atoms with E-state index in [9.17, 15) is 19.2 Å². The van der Waals surface area contributed by atoms with Gasteiger partial charge in [-0.3, -0.25) is 14.7 Å². The van der Waals surface area contributed by atoms with Gasteiger partial charge in [0, 0.05) is 24.1 Å². The zero-order valence-electron chi connectivity index (χ0n) is 30.9. The first-order valence-electron chi connectivity index (χ1n) is 17.2. The Hall–Kier alpha value is -7.13. The summed E-state index contributed by atoms with van der Waals surface area (Å²) in [6.45, 7) is 7.94. The maximum absolute atomic E-state index is 12.5. The number of rotatable bonds is 9. The van der Waals surface area contributed by atoms with Crippen molar-refractivity contribution >= 4 is 62.7 Å². The predicted octanol–water partition coefficient (Wildman–Crippen LogP) is 3.77. The molecule has 2 aromatic carbocycles. The van der Waals surface area contributed by atoms with Crippen LogP contribution < -0.4 is 22.6 Å². The third kappa shape index (κ3) is 9.71. The third-order valence-electron chi connectivity index (χ3n) is 8.39. The van der Waals surface area contributed by atoms with Crippen molar-refractivity contribution in [3.8, 4) is 6.07 Å². The molecule has 0 aliphatic rings. The summed E-state index contributed by atoms with van der Waals surface area (Å²) in [5, 5.41) is 28.3. The molecule has 8 rings (SSSR count). The fraction of sp³-hybridized carbons (Fsp3) is 0.222. The molecule has 0 amide bonds. The van der Waals surface area contributed by atoms with Crippen molar-refractivity contribution in [2.24, 2.45) is 14.1 Å². The molecule has 0 atom stereocenters. The van der Waals surface area contributed by atoms with Crippen LogP contribution in [0.1, 0.15) is 28.6 Å². The normalized spacial score (nSPS) is 10.8. The molecule has 0 aliphatic heterocycles. The standard InChI is InChI=1S/C18H14ClN7O3.C11H10Cl2N2O2.C7H5N5O/c1-20-16-14-15(17(27)24(2)10-21-14)26(23-16)9-13-22-25(18(28)29-13)8-7-11-3-5-12(19)6-4-11;12-7-10-14-15(11(16)17-10)6-5-8-1-3-9(13)4-2-8;1-12-3-9-5-4(2-8)10-11-6(5)7(12)13/h3-6,10H,7-9H2,2H3;1-4H,5-7H2;3H,1H3,(H,10,11). The van der Waals surface area contributed by atoms with Crippen molar-refractivity contribution in [3.63, 3.8) is 0 Å². The molecule has 6 aromatic heterocycles. The van der Waals surface area contributed by atoms with Gasteiger partial charge in [-0.15, -0.1) is 21.8 Å². The van der Waals surface area contributed by atoms with E-state index in [0.717, 1.165) is 11.1 Å². The van der Waals surface area contributed by atoms with Crippen molar-refractivity contribution in [3.05, 3.63) is 153 Å². The minimum absolute atomic E-state index is 0.00205. The van der Waals surface area contributed by atoms with Gasteiger partial charge in [-0.2, -0.15) is 24.4 Å². The molecule has 0 saturated carbocycles. The minimum atomic E-state index is -0.609. The molecule has 1 N–H and O–H groups in total. The summed E-state index contributed by atoms with van der Waals surface area (Å²) in [6, 6.07) is 16.6. The molecule has 0 fully saturated rings. The van der Waals surface area contributed by atoms with E-state index in [0.29, 0.717) is 41.5 Å². The van der Waals surface area contributed by atoms with Gasteiger partial charge in [-0.25, -0.2) is 19.6 Å². The quantitative estimate of drug-likeness (QED) is 0.161. The maximum Gasteiger partial charge on any atom is 0.437 e. The molecule has 6 heterocycles. The molecule has 8 aromatic rings. The van der Waals surface area contributed by atoms with E-state index < -0.39 is 11.5 Å². The van der Waals surface area contributed by atoms with Crippen LogP contribution in [0.4, 0.5) is 5.82 Å². The van der Waals surface area contributed by atoms with Crippen molar-refractivity contribution in [2.45, 2.75) is 38.4 Å². The number of nitrogens with one attached hydrogen (secondary N) is 1. The predicted molar refractivity (Wildman–Crippen MR) is 213 cm³/mol. The van der Waals surface area contributed by atoms with Gasteiger partial charge in [-0.1, -0.05) is 54.0 Å². The Morgan fingerprint density at radius 2 is 1.29 bits per heavy atom. The maximum atomic E-state index is 12.5. The van der Waals surface area contributed by atoms with E-state index in [1.807, 2.05) is 42.5 Å². The van der Waals surface area contributed by atoms with Gasteiger partial charge in [0.25, 0.3) is 11.1 Å². The molecule has 300 valence electrons. The highest BCUT2D eigenvalue weighted by Crippen LogP contribution is 2.21. The fourth-order valence-corrected chi connectivity index (χ4v) is 5.75. The largest absolute Gasteiger partial charge is 0.437 e.